The minimum Gasteiger partial charge on any atom is -0.493 e. The molecule has 0 saturated heterocycles. The number of para-hydroxylation sites is 2. The summed E-state index contributed by atoms with van der Waals surface area (Å²) in [4.78, 5) is 28.2. The Morgan fingerprint density at radius 1 is 0.761 bits per heavy atom. The number of nitrogens with one attached hydrogen (secondary N) is 1. The smallest absolute Gasteiger partial charge is 0.471 e. The lowest BCUT2D eigenvalue weighted by Crippen LogP contribution is -2.45. The number of hydrogen-bond donors (Lipinski definition) is 1. The van der Waals surface area contributed by atoms with Gasteiger partial charge in [0.15, 0.2) is 28.8 Å². The molecule has 1 heterocycles. The normalized spacial score (nSPS) is 17.7. The second-order valence-electron chi connectivity index (χ2n) is 10.6. The van der Waals surface area contributed by atoms with Crippen LogP contribution in [0.4, 0.5) is 24.5 Å². The highest BCUT2D eigenvalue weighted by Crippen LogP contribution is 2.51. The van der Waals surface area contributed by atoms with Crippen LogP contribution in [0, 0.1) is 0 Å². The van der Waals surface area contributed by atoms with Gasteiger partial charge >= 0.3 is 12.1 Å². The summed E-state index contributed by atoms with van der Waals surface area (Å²) in [5, 5.41) is 3.21. The Bertz CT molecular complexity index is 1650. The average molecular weight is 643 g/mol. The first-order valence-corrected chi connectivity index (χ1v) is 14.1. The number of amides is 1. The highest BCUT2D eigenvalue weighted by molar-refractivity contribution is 6.07. The van der Waals surface area contributed by atoms with Gasteiger partial charge in [0.05, 0.1) is 60.1 Å². The number of rotatable bonds is 8. The zero-order valence-corrected chi connectivity index (χ0v) is 26.0. The van der Waals surface area contributed by atoms with Gasteiger partial charge in [-0.3, -0.25) is 14.5 Å². The fourth-order valence-electron chi connectivity index (χ4n) is 6.10. The number of nitrogens with zero attached hydrogens (tertiary/aromatic N) is 1. The summed E-state index contributed by atoms with van der Waals surface area (Å²) in [6.45, 7) is 0. The number of ketones is 1. The summed E-state index contributed by atoms with van der Waals surface area (Å²) in [7, 11) is 8.55. The lowest BCUT2D eigenvalue weighted by atomic mass is 9.78. The Balaban J connectivity index is 1.77. The predicted molar refractivity (Wildman–Crippen MR) is 163 cm³/mol. The van der Waals surface area contributed by atoms with Crippen LogP contribution in [0.1, 0.15) is 35.9 Å². The molecule has 2 atom stereocenters. The fourth-order valence-corrected chi connectivity index (χ4v) is 6.10. The van der Waals surface area contributed by atoms with E-state index in [9.17, 15) is 22.8 Å². The minimum absolute atomic E-state index is 0.00626. The van der Waals surface area contributed by atoms with Crippen LogP contribution in [0.25, 0.3) is 0 Å². The first-order chi connectivity index (χ1) is 22.0. The molecule has 10 nitrogen and oxygen atoms in total. The van der Waals surface area contributed by atoms with E-state index in [0.717, 1.165) is 0 Å². The number of Topliss-reactive ketones (excluding diaryl/α,β-unsaturated/α-hetero) is 1. The maximum absolute atomic E-state index is 14.4. The molecule has 244 valence electrons. The van der Waals surface area contributed by atoms with Crippen LogP contribution in [-0.4, -0.2) is 60.5 Å². The summed E-state index contributed by atoms with van der Waals surface area (Å²) >= 11 is 0. The monoisotopic (exact) mass is 642 g/mol. The van der Waals surface area contributed by atoms with E-state index >= 15 is 0 Å². The third-order valence-electron chi connectivity index (χ3n) is 8.11. The number of methoxy groups -OCH3 is 6. The van der Waals surface area contributed by atoms with Crippen LogP contribution in [0.5, 0.6) is 34.5 Å². The maximum atomic E-state index is 14.4. The molecule has 13 heteroatoms. The summed E-state index contributed by atoms with van der Waals surface area (Å²) in [6.07, 6.45) is -5.14. The van der Waals surface area contributed by atoms with Crippen molar-refractivity contribution in [2.45, 2.75) is 31.0 Å². The molecule has 0 aromatic heterocycles. The van der Waals surface area contributed by atoms with Gasteiger partial charge in [-0.1, -0.05) is 12.1 Å². The molecule has 2 unspecified atom stereocenters. The van der Waals surface area contributed by atoms with Crippen LogP contribution in [-0.2, 0) is 9.59 Å². The molecule has 1 N–H and O–H groups in total. The van der Waals surface area contributed by atoms with E-state index in [0.29, 0.717) is 33.4 Å². The Morgan fingerprint density at radius 3 is 1.74 bits per heavy atom. The molecule has 2 aliphatic rings. The van der Waals surface area contributed by atoms with Crippen LogP contribution >= 0.6 is 0 Å². The van der Waals surface area contributed by atoms with Crippen molar-refractivity contribution in [3.63, 3.8) is 0 Å². The number of ether oxygens (including phenoxy) is 6. The number of benzene rings is 3. The summed E-state index contributed by atoms with van der Waals surface area (Å²) < 4.78 is 75.9. The van der Waals surface area contributed by atoms with Crippen LogP contribution < -0.4 is 38.6 Å². The van der Waals surface area contributed by atoms with E-state index in [2.05, 4.69) is 5.32 Å². The first-order valence-electron chi connectivity index (χ1n) is 14.1. The molecule has 1 amide bonds. The molecule has 5 rings (SSSR count). The van der Waals surface area contributed by atoms with Crippen molar-refractivity contribution in [2.75, 3.05) is 52.9 Å². The highest BCUT2D eigenvalue weighted by Gasteiger charge is 2.50. The number of hydrogen-bond acceptors (Lipinski definition) is 9. The van der Waals surface area contributed by atoms with Gasteiger partial charge in [-0.15, -0.1) is 0 Å². The first kappa shape index (κ1) is 32.3. The summed E-state index contributed by atoms with van der Waals surface area (Å²) in [6, 6.07) is 11.0. The van der Waals surface area contributed by atoms with Crippen molar-refractivity contribution in [2.24, 2.45) is 0 Å². The molecule has 1 aliphatic heterocycles. The maximum Gasteiger partial charge on any atom is 0.471 e. The molecule has 46 heavy (non-hydrogen) atoms. The van der Waals surface area contributed by atoms with Crippen molar-refractivity contribution >= 4 is 23.1 Å². The lowest BCUT2D eigenvalue weighted by molar-refractivity contribution is -0.170. The molecular formula is C33H33F3N2O8. The third-order valence-corrected chi connectivity index (χ3v) is 8.11. The molecular weight excluding hydrogens is 609 g/mol. The van der Waals surface area contributed by atoms with Gasteiger partial charge in [0.2, 0.25) is 11.5 Å². The van der Waals surface area contributed by atoms with E-state index in [1.807, 2.05) is 0 Å². The van der Waals surface area contributed by atoms with Gasteiger partial charge in [0.25, 0.3) is 0 Å². The van der Waals surface area contributed by atoms with Crippen LogP contribution in [0.3, 0.4) is 0 Å². The van der Waals surface area contributed by atoms with Crippen molar-refractivity contribution in [1.82, 2.24) is 0 Å². The SMILES string of the molecule is COc1cc(C2CC(=O)C3=C(C2)Nc2ccccc2N(C(=O)C(F)(F)F)C3c2cc(OC)c(OC)c(OC)c2)cc(OC)c1OC. The molecule has 0 fully saturated rings. The molecule has 3 aromatic carbocycles. The van der Waals surface area contributed by atoms with Crippen molar-refractivity contribution in [1.29, 1.82) is 0 Å². The molecule has 0 radical (unpaired) electrons. The average Bonchev–Trinajstić information content (AvgIpc) is 3.20. The Hall–Kier alpha value is -5.07. The number of halogens is 3. The number of alkyl halides is 3. The van der Waals surface area contributed by atoms with Gasteiger partial charge in [-0.25, -0.2) is 0 Å². The van der Waals surface area contributed by atoms with Gasteiger partial charge in [-0.05, 0) is 59.9 Å². The van der Waals surface area contributed by atoms with Gasteiger partial charge in [-0.2, -0.15) is 13.2 Å². The number of fused-ring (bicyclic) bond motifs is 1. The highest BCUT2D eigenvalue weighted by atomic mass is 19.4. The Morgan fingerprint density at radius 2 is 1.26 bits per heavy atom. The lowest BCUT2D eigenvalue weighted by Gasteiger charge is -2.35. The quantitative estimate of drug-likeness (QED) is 0.308. The number of anilines is 2. The zero-order chi connectivity index (χ0) is 33.3. The largest absolute Gasteiger partial charge is 0.493 e. The molecule has 3 aromatic rings. The van der Waals surface area contributed by atoms with Crippen molar-refractivity contribution in [3.8, 4) is 34.5 Å². The zero-order valence-electron chi connectivity index (χ0n) is 26.0. The number of carbonyl (C=O) groups is 2. The number of allylic oxidation sites excluding steroid dienone is 1. The minimum atomic E-state index is -5.27. The summed E-state index contributed by atoms with van der Waals surface area (Å²) in [5.74, 6) is -1.40. The van der Waals surface area contributed by atoms with E-state index in [4.69, 9.17) is 28.4 Å². The van der Waals surface area contributed by atoms with E-state index in [1.165, 1.54) is 66.9 Å². The summed E-state index contributed by atoms with van der Waals surface area (Å²) in [5.41, 5.74) is 1.38. The van der Waals surface area contributed by atoms with Crippen molar-refractivity contribution < 1.29 is 51.2 Å². The Labute approximate surface area is 263 Å². The van der Waals surface area contributed by atoms with Crippen LogP contribution in [0.15, 0.2) is 59.8 Å². The van der Waals surface area contributed by atoms with E-state index in [-0.39, 0.29) is 52.6 Å². The third kappa shape index (κ3) is 5.61. The predicted octanol–water partition coefficient (Wildman–Crippen LogP) is 6.20. The second-order valence-corrected chi connectivity index (χ2v) is 10.6. The second kappa shape index (κ2) is 12.7. The van der Waals surface area contributed by atoms with Gasteiger partial charge in [0, 0.05) is 17.7 Å². The van der Waals surface area contributed by atoms with E-state index < -0.39 is 29.8 Å². The standard InChI is InChI=1S/C33H33F3N2O8/c1-41-24-13-18(14-25(42-2)30(24)45-5)17-11-21-28(23(39)12-17)29(19-15-26(43-3)31(46-6)27(16-19)44-4)38(32(40)33(34,35)36)22-10-8-7-9-20(22)37-21/h7-10,13-17,29,37H,11-12H2,1-6H3. The Kier molecular flexibility index (Phi) is 8.95. The van der Waals surface area contributed by atoms with Gasteiger partial charge < -0.3 is 33.7 Å². The van der Waals surface area contributed by atoms with E-state index in [1.54, 1.807) is 24.3 Å². The van der Waals surface area contributed by atoms with Gasteiger partial charge in [0.1, 0.15) is 0 Å². The topological polar surface area (TPSA) is 105 Å². The molecule has 0 spiro atoms. The molecule has 1 aliphatic carbocycles. The van der Waals surface area contributed by atoms with Crippen LogP contribution in [0.2, 0.25) is 0 Å². The molecule has 0 saturated carbocycles. The fraction of sp³-hybridized carbons (Fsp3) is 0.333. The number of carbonyl (C=O) groups excluding carboxylic acids is 2. The van der Waals surface area contributed by atoms with Crippen molar-refractivity contribution in [3.05, 3.63) is 70.9 Å². The molecule has 0 bridgehead atoms.